The molecule has 120 valence electrons. The molecule has 2 heteroatoms. The minimum absolute atomic E-state index is 0.757. The second-order valence-electron chi connectivity index (χ2n) is 6.75. The number of unbranched alkanes of at least 4 members (excludes halogenated alkanes) is 8. The smallest absolute Gasteiger partial charge is 0.0266 e. The Labute approximate surface area is 126 Å². The Balaban J connectivity index is 1.83. The van der Waals surface area contributed by atoms with Gasteiger partial charge in [-0.25, -0.2) is 0 Å². The van der Waals surface area contributed by atoms with Gasteiger partial charge in [-0.2, -0.15) is 5.06 Å². The predicted molar refractivity (Wildman–Crippen MR) is 87.2 cm³/mol. The molecule has 0 amide bonds. The van der Waals surface area contributed by atoms with Crippen LogP contribution < -0.4 is 0 Å². The summed E-state index contributed by atoms with van der Waals surface area (Å²) >= 11 is 0. The number of hydrogen-bond acceptors (Lipinski definition) is 2. The summed E-state index contributed by atoms with van der Waals surface area (Å²) < 4.78 is 0. The van der Waals surface area contributed by atoms with Gasteiger partial charge in [-0.3, -0.25) is 0 Å². The maximum Gasteiger partial charge on any atom is 0.0266 e. The Morgan fingerprint density at radius 2 is 1.35 bits per heavy atom. The summed E-state index contributed by atoms with van der Waals surface area (Å²) in [5, 5.41) is 11.5. The molecule has 1 rings (SSSR count). The lowest BCUT2D eigenvalue weighted by Crippen LogP contribution is -2.28. The van der Waals surface area contributed by atoms with Crippen LogP contribution in [0, 0.1) is 5.92 Å². The predicted octanol–water partition coefficient (Wildman–Crippen LogP) is 5.79. The highest BCUT2D eigenvalue weighted by Crippen LogP contribution is 2.24. The van der Waals surface area contributed by atoms with Crippen LogP contribution in [0.25, 0.3) is 0 Å². The highest BCUT2D eigenvalue weighted by molar-refractivity contribution is 4.67. The van der Waals surface area contributed by atoms with Gasteiger partial charge in [0.05, 0.1) is 0 Å². The number of rotatable bonds is 12. The molecule has 1 aliphatic carbocycles. The molecule has 0 saturated heterocycles. The van der Waals surface area contributed by atoms with Crippen molar-refractivity contribution in [2.45, 2.75) is 96.8 Å². The first-order valence-electron chi connectivity index (χ1n) is 9.26. The minimum atomic E-state index is 0.757. The summed E-state index contributed by atoms with van der Waals surface area (Å²) in [6.45, 7) is 4.07. The van der Waals surface area contributed by atoms with Crippen molar-refractivity contribution < 1.29 is 5.21 Å². The van der Waals surface area contributed by atoms with Crippen LogP contribution in [0.15, 0.2) is 0 Å². The second kappa shape index (κ2) is 12.6. The second-order valence-corrected chi connectivity index (χ2v) is 6.75. The van der Waals surface area contributed by atoms with Crippen LogP contribution in [0.3, 0.4) is 0 Å². The molecule has 0 aromatic carbocycles. The van der Waals surface area contributed by atoms with Crippen LogP contribution in [0.1, 0.15) is 96.8 Å². The lowest BCUT2D eigenvalue weighted by atomic mass is 9.89. The van der Waals surface area contributed by atoms with Gasteiger partial charge in [-0.15, -0.1) is 0 Å². The van der Waals surface area contributed by atoms with E-state index in [9.17, 15) is 5.21 Å². The molecule has 1 saturated carbocycles. The van der Waals surface area contributed by atoms with Crippen LogP contribution in [-0.2, 0) is 0 Å². The van der Waals surface area contributed by atoms with Gasteiger partial charge in [0.1, 0.15) is 0 Å². The molecule has 0 aliphatic heterocycles. The molecule has 0 unspecified atom stereocenters. The molecule has 20 heavy (non-hydrogen) atoms. The van der Waals surface area contributed by atoms with E-state index in [-0.39, 0.29) is 0 Å². The minimum Gasteiger partial charge on any atom is -0.314 e. The molecule has 1 fully saturated rings. The lowest BCUT2D eigenvalue weighted by molar-refractivity contribution is -0.105. The van der Waals surface area contributed by atoms with E-state index < -0.39 is 0 Å². The zero-order chi connectivity index (χ0) is 14.5. The van der Waals surface area contributed by atoms with Crippen molar-refractivity contribution in [3.8, 4) is 0 Å². The van der Waals surface area contributed by atoms with Gasteiger partial charge >= 0.3 is 0 Å². The fraction of sp³-hybridized carbons (Fsp3) is 1.00. The van der Waals surface area contributed by atoms with Crippen LogP contribution in [0.5, 0.6) is 0 Å². The molecular formula is C18H37NO. The average molecular weight is 284 g/mol. The number of nitrogens with zero attached hydrogens (tertiary/aromatic N) is 1. The van der Waals surface area contributed by atoms with Gasteiger partial charge in [-0.1, -0.05) is 77.6 Å². The third-order valence-corrected chi connectivity index (χ3v) is 4.71. The normalized spacial score (nSPS) is 16.9. The van der Waals surface area contributed by atoms with E-state index in [2.05, 4.69) is 6.92 Å². The van der Waals surface area contributed by atoms with E-state index in [0.29, 0.717) is 0 Å². The molecule has 0 heterocycles. The SMILES string of the molecule is CCCCCCCCCCCN(O)CC1CCCCC1. The molecule has 0 atom stereocenters. The number of hydroxylamine groups is 2. The van der Waals surface area contributed by atoms with E-state index in [1.54, 1.807) is 5.06 Å². The molecule has 0 bridgehead atoms. The van der Waals surface area contributed by atoms with Gasteiger partial charge in [0, 0.05) is 13.1 Å². The molecule has 2 nitrogen and oxygen atoms in total. The highest BCUT2D eigenvalue weighted by atomic mass is 16.5. The van der Waals surface area contributed by atoms with Crippen LogP contribution >= 0.6 is 0 Å². The topological polar surface area (TPSA) is 23.5 Å². The molecule has 0 spiro atoms. The van der Waals surface area contributed by atoms with Gasteiger partial charge in [-0.05, 0) is 25.2 Å². The van der Waals surface area contributed by atoms with Crippen LogP contribution in [0.4, 0.5) is 0 Å². The van der Waals surface area contributed by atoms with Gasteiger partial charge < -0.3 is 5.21 Å². The van der Waals surface area contributed by atoms with Gasteiger partial charge in [0.2, 0.25) is 0 Å². The molecule has 0 aromatic heterocycles. The fourth-order valence-electron chi connectivity index (χ4n) is 3.36. The molecule has 0 radical (unpaired) electrons. The standard InChI is InChI=1S/C18H37NO/c1-2-3-4-5-6-7-8-9-13-16-19(20)17-18-14-11-10-12-15-18/h18,20H,2-17H2,1H3. The largest absolute Gasteiger partial charge is 0.314 e. The zero-order valence-corrected chi connectivity index (χ0v) is 13.8. The summed E-state index contributed by atoms with van der Waals surface area (Å²) in [4.78, 5) is 0. The maximum atomic E-state index is 9.93. The first-order chi connectivity index (χ1) is 9.83. The maximum absolute atomic E-state index is 9.93. The molecule has 0 aromatic rings. The summed E-state index contributed by atoms with van der Waals surface area (Å²) in [6.07, 6.45) is 19.0. The summed E-state index contributed by atoms with van der Waals surface area (Å²) in [5.74, 6) is 0.757. The van der Waals surface area contributed by atoms with Crippen molar-refractivity contribution in [1.82, 2.24) is 5.06 Å². The Morgan fingerprint density at radius 1 is 0.800 bits per heavy atom. The third kappa shape index (κ3) is 9.77. The monoisotopic (exact) mass is 283 g/mol. The average Bonchev–Trinajstić information content (AvgIpc) is 2.46. The lowest BCUT2D eigenvalue weighted by Gasteiger charge is -2.25. The summed E-state index contributed by atoms with van der Waals surface area (Å²) in [7, 11) is 0. The van der Waals surface area contributed by atoms with Crippen molar-refractivity contribution in [2.24, 2.45) is 5.92 Å². The third-order valence-electron chi connectivity index (χ3n) is 4.71. The van der Waals surface area contributed by atoms with E-state index in [0.717, 1.165) is 25.4 Å². The van der Waals surface area contributed by atoms with Crippen molar-refractivity contribution in [1.29, 1.82) is 0 Å². The molecular weight excluding hydrogens is 246 g/mol. The van der Waals surface area contributed by atoms with Crippen LogP contribution in [0.2, 0.25) is 0 Å². The van der Waals surface area contributed by atoms with Crippen molar-refractivity contribution in [3.05, 3.63) is 0 Å². The fourth-order valence-corrected chi connectivity index (χ4v) is 3.36. The van der Waals surface area contributed by atoms with E-state index in [1.807, 2.05) is 0 Å². The summed E-state index contributed by atoms with van der Waals surface area (Å²) in [5.41, 5.74) is 0. The first kappa shape index (κ1) is 18.0. The molecule has 1 N–H and O–H groups in total. The Kier molecular flexibility index (Phi) is 11.4. The van der Waals surface area contributed by atoms with E-state index in [1.165, 1.54) is 83.5 Å². The number of hydrogen-bond donors (Lipinski definition) is 1. The van der Waals surface area contributed by atoms with Crippen molar-refractivity contribution >= 4 is 0 Å². The zero-order valence-electron chi connectivity index (χ0n) is 13.8. The van der Waals surface area contributed by atoms with Gasteiger partial charge in [0.25, 0.3) is 0 Å². The first-order valence-corrected chi connectivity index (χ1v) is 9.26. The highest BCUT2D eigenvalue weighted by Gasteiger charge is 2.15. The Hall–Kier alpha value is -0.0800. The summed E-state index contributed by atoms with van der Waals surface area (Å²) in [6, 6.07) is 0. The van der Waals surface area contributed by atoms with Gasteiger partial charge in [0.15, 0.2) is 0 Å². The van der Waals surface area contributed by atoms with Crippen molar-refractivity contribution in [3.63, 3.8) is 0 Å². The van der Waals surface area contributed by atoms with Crippen LogP contribution in [-0.4, -0.2) is 23.4 Å². The quantitative estimate of drug-likeness (QED) is 0.362. The van der Waals surface area contributed by atoms with E-state index >= 15 is 0 Å². The van der Waals surface area contributed by atoms with Crippen molar-refractivity contribution in [2.75, 3.05) is 13.1 Å². The van der Waals surface area contributed by atoms with E-state index in [4.69, 9.17) is 0 Å². The Morgan fingerprint density at radius 3 is 1.95 bits per heavy atom. The Bertz CT molecular complexity index is 202. The molecule has 1 aliphatic rings.